The van der Waals surface area contributed by atoms with Crippen LogP contribution in [0.1, 0.15) is 39.0 Å². The molecule has 0 heterocycles. The van der Waals surface area contributed by atoms with Gasteiger partial charge in [0.2, 0.25) is 0 Å². The standard InChI is InChI=1S/C9H17N/c1-2-7-6-8(10)9(7)4-3-5-9/h7-8H,2-6,10H2,1H3. The maximum atomic E-state index is 5.98. The molecule has 2 N–H and O–H groups in total. The van der Waals surface area contributed by atoms with Crippen LogP contribution in [0.15, 0.2) is 0 Å². The summed E-state index contributed by atoms with van der Waals surface area (Å²) in [6.07, 6.45) is 6.94. The molecule has 2 atom stereocenters. The molecule has 1 nitrogen and oxygen atoms in total. The number of rotatable bonds is 1. The van der Waals surface area contributed by atoms with E-state index in [1.54, 1.807) is 0 Å². The summed E-state index contributed by atoms with van der Waals surface area (Å²) in [5, 5.41) is 0. The highest BCUT2D eigenvalue weighted by atomic mass is 14.8. The van der Waals surface area contributed by atoms with Gasteiger partial charge in [-0.1, -0.05) is 19.8 Å². The van der Waals surface area contributed by atoms with Gasteiger partial charge >= 0.3 is 0 Å². The molecule has 10 heavy (non-hydrogen) atoms. The first kappa shape index (κ1) is 6.66. The minimum Gasteiger partial charge on any atom is -0.327 e. The van der Waals surface area contributed by atoms with E-state index < -0.39 is 0 Å². The molecular weight excluding hydrogens is 122 g/mol. The molecule has 2 unspecified atom stereocenters. The topological polar surface area (TPSA) is 26.0 Å². The van der Waals surface area contributed by atoms with Crippen LogP contribution in [-0.4, -0.2) is 6.04 Å². The van der Waals surface area contributed by atoms with Crippen molar-refractivity contribution < 1.29 is 0 Å². The van der Waals surface area contributed by atoms with E-state index >= 15 is 0 Å². The highest BCUT2D eigenvalue weighted by molar-refractivity contribution is 5.08. The SMILES string of the molecule is CCC1CC(N)C12CCC2. The average Bonchev–Trinajstić information content (AvgIpc) is 1.78. The Morgan fingerprint density at radius 2 is 2.20 bits per heavy atom. The van der Waals surface area contributed by atoms with Crippen LogP contribution < -0.4 is 5.73 Å². The molecule has 0 radical (unpaired) electrons. The summed E-state index contributed by atoms with van der Waals surface area (Å²) in [6.45, 7) is 2.30. The van der Waals surface area contributed by atoms with Crippen LogP contribution in [0.2, 0.25) is 0 Å². The van der Waals surface area contributed by atoms with Gasteiger partial charge in [0.1, 0.15) is 0 Å². The summed E-state index contributed by atoms with van der Waals surface area (Å²) in [5.74, 6) is 0.983. The Labute approximate surface area is 63.0 Å². The Morgan fingerprint density at radius 3 is 2.40 bits per heavy atom. The monoisotopic (exact) mass is 139 g/mol. The summed E-state index contributed by atoms with van der Waals surface area (Å²) < 4.78 is 0. The Hall–Kier alpha value is -0.0400. The molecule has 0 bridgehead atoms. The first-order valence-electron chi connectivity index (χ1n) is 4.55. The summed E-state index contributed by atoms with van der Waals surface area (Å²) in [5.41, 5.74) is 6.63. The fraction of sp³-hybridized carbons (Fsp3) is 1.00. The van der Waals surface area contributed by atoms with E-state index in [0.29, 0.717) is 11.5 Å². The normalized spacial score (nSPS) is 42.6. The fourth-order valence-electron chi connectivity index (χ4n) is 2.86. The molecule has 2 saturated carbocycles. The van der Waals surface area contributed by atoms with Crippen LogP contribution in [-0.2, 0) is 0 Å². The molecule has 2 fully saturated rings. The minimum absolute atomic E-state index is 0.561. The number of nitrogens with two attached hydrogens (primary N) is 1. The Balaban J connectivity index is 2.03. The van der Waals surface area contributed by atoms with E-state index in [-0.39, 0.29) is 0 Å². The molecule has 1 heteroatoms. The summed E-state index contributed by atoms with van der Waals surface area (Å²) in [4.78, 5) is 0. The predicted octanol–water partition coefficient (Wildman–Crippen LogP) is 1.91. The molecule has 0 aromatic heterocycles. The van der Waals surface area contributed by atoms with Gasteiger partial charge in [-0.2, -0.15) is 0 Å². The maximum Gasteiger partial charge on any atom is 0.0101 e. The zero-order chi connectivity index (χ0) is 7.19. The molecule has 0 amide bonds. The Morgan fingerprint density at radius 1 is 1.50 bits per heavy atom. The quantitative estimate of drug-likeness (QED) is 0.590. The van der Waals surface area contributed by atoms with Crippen LogP contribution in [0.25, 0.3) is 0 Å². The Bertz CT molecular complexity index is 138. The summed E-state index contributed by atoms with van der Waals surface area (Å²) in [7, 11) is 0. The fourth-order valence-corrected chi connectivity index (χ4v) is 2.86. The lowest BCUT2D eigenvalue weighted by molar-refractivity contribution is -0.0745. The summed E-state index contributed by atoms with van der Waals surface area (Å²) in [6, 6.07) is 0.561. The second kappa shape index (κ2) is 1.97. The highest BCUT2D eigenvalue weighted by Gasteiger charge is 2.55. The van der Waals surface area contributed by atoms with Crippen molar-refractivity contribution in [3.05, 3.63) is 0 Å². The van der Waals surface area contributed by atoms with Gasteiger partial charge in [0, 0.05) is 6.04 Å². The van der Waals surface area contributed by atoms with Crippen molar-refractivity contribution in [2.75, 3.05) is 0 Å². The van der Waals surface area contributed by atoms with E-state index in [2.05, 4.69) is 6.92 Å². The smallest absolute Gasteiger partial charge is 0.0101 e. The molecule has 0 aromatic rings. The maximum absolute atomic E-state index is 5.98. The van der Waals surface area contributed by atoms with E-state index in [9.17, 15) is 0 Å². The zero-order valence-corrected chi connectivity index (χ0v) is 6.77. The van der Waals surface area contributed by atoms with Gasteiger partial charge in [0.05, 0.1) is 0 Å². The largest absolute Gasteiger partial charge is 0.327 e. The molecule has 2 rings (SSSR count). The summed E-state index contributed by atoms with van der Waals surface area (Å²) >= 11 is 0. The van der Waals surface area contributed by atoms with E-state index in [4.69, 9.17) is 5.73 Å². The average molecular weight is 139 g/mol. The first-order chi connectivity index (χ1) is 4.79. The molecule has 0 aliphatic heterocycles. The lowest BCUT2D eigenvalue weighted by atomic mass is 9.46. The van der Waals surface area contributed by atoms with Gasteiger partial charge in [-0.25, -0.2) is 0 Å². The molecule has 0 aromatic carbocycles. The van der Waals surface area contributed by atoms with Crippen LogP contribution in [0.3, 0.4) is 0 Å². The molecule has 2 aliphatic carbocycles. The molecular formula is C9H17N. The van der Waals surface area contributed by atoms with E-state index in [0.717, 1.165) is 5.92 Å². The predicted molar refractivity (Wildman–Crippen MR) is 42.7 cm³/mol. The van der Waals surface area contributed by atoms with Crippen molar-refractivity contribution in [2.45, 2.75) is 45.1 Å². The van der Waals surface area contributed by atoms with Crippen molar-refractivity contribution in [2.24, 2.45) is 17.1 Å². The third kappa shape index (κ3) is 0.572. The van der Waals surface area contributed by atoms with Crippen molar-refractivity contribution in [3.8, 4) is 0 Å². The van der Waals surface area contributed by atoms with E-state index in [1.165, 1.54) is 32.1 Å². The van der Waals surface area contributed by atoms with Gasteiger partial charge in [-0.15, -0.1) is 0 Å². The van der Waals surface area contributed by atoms with Gasteiger partial charge in [0.25, 0.3) is 0 Å². The van der Waals surface area contributed by atoms with Crippen LogP contribution >= 0.6 is 0 Å². The number of hydrogen-bond acceptors (Lipinski definition) is 1. The van der Waals surface area contributed by atoms with Crippen molar-refractivity contribution in [1.82, 2.24) is 0 Å². The first-order valence-corrected chi connectivity index (χ1v) is 4.55. The number of hydrogen-bond donors (Lipinski definition) is 1. The molecule has 0 saturated heterocycles. The highest BCUT2D eigenvalue weighted by Crippen LogP contribution is 2.59. The zero-order valence-electron chi connectivity index (χ0n) is 6.77. The third-order valence-electron chi connectivity index (χ3n) is 3.87. The van der Waals surface area contributed by atoms with E-state index in [1.807, 2.05) is 0 Å². The van der Waals surface area contributed by atoms with Crippen molar-refractivity contribution >= 4 is 0 Å². The second-order valence-corrected chi connectivity index (χ2v) is 4.03. The lowest BCUT2D eigenvalue weighted by Crippen LogP contribution is -2.61. The molecule has 1 spiro atoms. The Kier molecular flexibility index (Phi) is 1.31. The van der Waals surface area contributed by atoms with Gasteiger partial charge < -0.3 is 5.73 Å². The molecule has 2 aliphatic rings. The minimum atomic E-state index is 0.561. The van der Waals surface area contributed by atoms with Gasteiger partial charge in [-0.3, -0.25) is 0 Å². The van der Waals surface area contributed by atoms with Gasteiger partial charge in [-0.05, 0) is 30.6 Å². The third-order valence-corrected chi connectivity index (χ3v) is 3.87. The van der Waals surface area contributed by atoms with Crippen LogP contribution in [0.5, 0.6) is 0 Å². The van der Waals surface area contributed by atoms with Crippen LogP contribution in [0.4, 0.5) is 0 Å². The van der Waals surface area contributed by atoms with Crippen molar-refractivity contribution in [3.63, 3.8) is 0 Å². The molecule has 58 valence electrons. The second-order valence-electron chi connectivity index (χ2n) is 4.03. The van der Waals surface area contributed by atoms with Crippen molar-refractivity contribution in [1.29, 1.82) is 0 Å². The van der Waals surface area contributed by atoms with Gasteiger partial charge in [0.15, 0.2) is 0 Å². The van der Waals surface area contributed by atoms with Crippen LogP contribution in [0, 0.1) is 11.3 Å². The lowest BCUT2D eigenvalue weighted by Gasteiger charge is -2.60.